The summed E-state index contributed by atoms with van der Waals surface area (Å²) in [5.41, 5.74) is 15.5. The van der Waals surface area contributed by atoms with Crippen LogP contribution in [0.4, 0.5) is 0 Å². The highest BCUT2D eigenvalue weighted by atomic mass is 32.1. The van der Waals surface area contributed by atoms with E-state index in [4.69, 9.17) is 9.97 Å². The highest BCUT2D eigenvalue weighted by Crippen LogP contribution is 2.46. The van der Waals surface area contributed by atoms with Gasteiger partial charge in [0.1, 0.15) is 0 Å². The summed E-state index contributed by atoms with van der Waals surface area (Å²) in [6, 6.07) is 90.2. The maximum absolute atomic E-state index is 5.84. The first kappa shape index (κ1) is 41.0. The van der Waals surface area contributed by atoms with Crippen LogP contribution in [0, 0.1) is 0 Å². The monoisotopic (exact) mass is 959 g/mol. The standard InChI is InChI=1S/C68H41N5S/c1-4-18-43(19-5-1)62-41-46-32-36-56-64(67(46)74-62)65(45-34-38-59-54(40-45)51-25-12-14-28-57(51)71(59)47-20-6-2-7-21-47)70-68(69-56)73-60-37-33-44(39-55(60)52-35-31-42-17-10-11-24-50(42)66(52)73)49-27-16-30-61-63(49)53-26-13-15-29-58(53)72(61)48-22-8-3-9-23-48/h1-41H. The summed E-state index contributed by atoms with van der Waals surface area (Å²) in [6.07, 6.45) is 0. The molecule has 5 aromatic heterocycles. The normalized spacial score (nSPS) is 12.1. The summed E-state index contributed by atoms with van der Waals surface area (Å²) >= 11 is 1.82. The number of aromatic nitrogens is 5. The molecule has 16 rings (SSSR count). The van der Waals surface area contributed by atoms with Crippen LogP contribution in [0.15, 0.2) is 249 Å². The summed E-state index contributed by atoms with van der Waals surface area (Å²) in [5.74, 6) is 0.635. The summed E-state index contributed by atoms with van der Waals surface area (Å²) in [4.78, 5) is 12.7. The van der Waals surface area contributed by atoms with Gasteiger partial charge in [0.05, 0.1) is 44.3 Å². The molecule has 0 spiro atoms. The molecule has 0 saturated heterocycles. The van der Waals surface area contributed by atoms with Gasteiger partial charge in [0.15, 0.2) is 0 Å². The third-order valence-electron chi connectivity index (χ3n) is 15.2. The van der Waals surface area contributed by atoms with Crippen molar-refractivity contribution in [3.63, 3.8) is 0 Å². The molecule has 74 heavy (non-hydrogen) atoms. The van der Waals surface area contributed by atoms with Crippen LogP contribution in [0.5, 0.6) is 0 Å². The van der Waals surface area contributed by atoms with Gasteiger partial charge in [-0.2, -0.15) is 0 Å². The molecule has 0 atom stereocenters. The van der Waals surface area contributed by atoms with Crippen LogP contribution >= 0.6 is 11.3 Å². The third kappa shape index (κ3) is 6.03. The predicted octanol–water partition coefficient (Wildman–Crippen LogP) is 18.3. The molecular formula is C68H41N5S. The van der Waals surface area contributed by atoms with Crippen LogP contribution in [0.2, 0.25) is 0 Å². The van der Waals surface area contributed by atoms with Crippen LogP contribution < -0.4 is 0 Å². The Kier molecular flexibility index (Phi) is 8.84. The van der Waals surface area contributed by atoms with Crippen molar-refractivity contribution >= 4 is 109 Å². The first-order valence-electron chi connectivity index (χ1n) is 25.1. The maximum Gasteiger partial charge on any atom is 0.235 e. The average molecular weight is 960 g/mol. The van der Waals surface area contributed by atoms with Crippen molar-refractivity contribution in [2.24, 2.45) is 0 Å². The summed E-state index contributed by atoms with van der Waals surface area (Å²) < 4.78 is 8.27. The first-order chi connectivity index (χ1) is 36.7. The largest absolute Gasteiger partial charge is 0.309 e. The number of hydrogen-bond acceptors (Lipinski definition) is 3. The molecule has 6 heteroatoms. The van der Waals surface area contributed by atoms with E-state index in [9.17, 15) is 0 Å². The smallest absolute Gasteiger partial charge is 0.235 e. The van der Waals surface area contributed by atoms with Crippen molar-refractivity contribution < 1.29 is 0 Å². The van der Waals surface area contributed by atoms with E-state index in [0.717, 1.165) is 77.2 Å². The second-order valence-corrected chi connectivity index (χ2v) is 20.3. The topological polar surface area (TPSA) is 40.6 Å². The lowest BCUT2D eigenvalue weighted by Gasteiger charge is -2.14. The Bertz CT molecular complexity index is 4950. The van der Waals surface area contributed by atoms with Gasteiger partial charge in [-0.1, -0.05) is 170 Å². The molecule has 0 N–H and O–H groups in total. The minimum Gasteiger partial charge on any atom is -0.309 e. The fourth-order valence-electron chi connectivity index (χ4n) is 12.0. The third-order valence-corrected chi connectivity index (χ3v) is 16.4. The minimum absolute atomic E-state index is 0.635. The Morgan fingerprint density at radius 1 is 0.324 bits per heavy atom. The van der Waals surface area contributed by atoms with Crippen LogP contribution in [0.1, 0.15) is 0 Å². The van der Waals surface area contributed by atoms with E-state index in [-0.39, 0.29) is 0 Å². The lowest BCUT2D eigenvalue weighted by molar-refractivity contribution is 1.02. The van der Waals surface area contributed by atoms with E-state index in [0.29, 0.717) is 5.95 Å². The zero-order chi connectivity index (χ0) is 48.4. The van der Waals surface area contributed by atoms with Gasteiger partial charge < -0.3 is 9.13 Å². The Labute approximate surface area is 428 Å². The molecule has 5 nitrogen and oxygen atoms in total. The fraction of sp³-hybridized carbons (Fsp3) is 0. The van der Waals surface area contributed by atoms with Gasteiger partial charge in [-0.25, -0.2) is 9.97 Å². The molecule has 5 heterocycles. The SMILES string of the molecule is c1ccc(-c2cc3ccc4nc(-n5c6ccc(-c7cccc8c7c7ccccc7n8-c7ccccc7)cc6c6ccc7ccccc7c65)nc(-c5ccc6c(c5)c5ccccc5n6-c5ccccc5)c4c3s2)cc1. The van der Waals surface area contributed by atoms with Crippen molar-refractivity contribution in [2.45, 2.75) is 0 Å². The van der Waals surface area contributed by atoms with Crippen LogP contribution in [-0.2, 0) is 0 Å². The highest BCUT2D eigenvalue weighted by Gasteiger charge is 2.24. The van der Waals surface area contributed by atoms with E-state index >= 15 is 0 Å². The second kappa shape index (κ2) is 15.9. The van der Waals surface area contributed by atoms with Gasteiger partial charge in [0.2, 0.25) is 5.95 Å². The van der Waals surface area contributed by atoms with Crippen molar-refractivity contribution in [1.29, 1.82) is 0 Å². The molecule has 0 fully saturated rings. The molecule has 0 amide bonds. The Morgan fingerprint density at radius 2 is 0.905 bits per heavy atom. The number of para-hydroxylation sites is 4. The molecule has 0 bridgehead atoms. The molecule has 0 unspecified atom stereocenters. The number of rotatable bonds is 6. The molecule has 344 valence electrons. The zero-order valence-corrected chi connectivity index (χ0v) is 40.6. The van der Waals surface area contributed by atoms with Gasteiger partial charge in [-0.15, -0.1) is 11.3 Å². The highest BCUT2D eigenvalue weighted by molar-refractivity contribution is 7.23. The Morgan fingerprint density at radius 3 is 1.69 bits per heavy atom. The molecule has 0 saturated carbocycles. The zero-order valence-electron chi connectivity index (χ0n) is 39.8. The predicted molar refractivity (Wildman–Crippen MR) is 312 cm³/mol. The quantitative estimate of drug-likeness (QED) is 0.167. The van der Waals surface area contributed by atoms with Crippen molar-refractivity contribution in [3.05, 3.63) is 249 Å². The lowest BCUT2D eigenvalue weighted by atomic mass is 9.97. The number of hydrogen-bond donors (Lipinski definition) is 0. The molecule has 0 aliphatic rings. The summed E-state index contributed by atoms with van der Waals surface area (Å²) in [6.45, 7) is 0. The molecule has 0 radical (unpaired) electrons. The van der Waals surface area contributed by atoms with Gasteiger partial charge in [-0.3, -0.25) is 4.57 Å². The van der Waals surface area contributed by atoms with E-state index in [2.05, 4.69) is 262 Å². The van der Waals surface area contributed by atoms with E-state index < -0.39 is 0 Å². The number of benzene rings is 11. The molecule has 16 aromatic rings. The second-order valence-electron chi connectivity index (χ2n) is 19.3. The Hall–Kier alpha value is -9.62. The van der Waals surface area contributed by atoms with Crippen LogP contribution in [0.3, 0.4) is 0 Å². The van der Waals surface area contributed by atoms with Gasteiger partial charge >= 0.3 is 0 Å². The number of fused-ring (bicyclic) bond motifs is 14. The molecule has 11 aromatic carbocycles. The lowest BCUT2D eigenvalue weighted by Crippen LogP contribution is -2.04. The van der Waals surface area contributed by atoms with Gasteiger partial charge in [0, 0.05) is 69.6 Å². The maximum atomic E-state index is 5.84. The first-order valence-corrected chi connectivity index (χ1v) is 26.0. The fourth-order valence-corrected chi connectivity index (χ4v) is 13.2. The Balaban J connectivity index is 0.976. The number of nitrogens with zero attached hydrogens (tertiary/aromatic N) is 5. The van der Waals surface area contributed by atoms with E-state index in [1.54, 1.807) is 0 Å². The van der Waals surface area contributed by atoms with E-state index in [1.807, 2.05) is 11.3 Å². The molecular weight excluding hydrogens is 919 g/mol. The van der Waals surface area contributed by atoms with Crippen molar-refractivity contribution in [2.75, 3.05) is 0 Å². The van der Waals surface area contributed by atoms with Gasteiger partial charge in [0.25, 0.3) is 0 Å². The van der Waals surface area contributed by atoms with Crippen molar-refractivity contribution in [3.8, 4) is 50.1 Å². The van der Waals surface area contributed by atoms with Crippen molar-refractivity contribution in [1.82, 2.24) is 23.7 Å². The molecule has 0 aliphatic heterocycles. The van der Waals surface area contributed by atoms with Crippen LogP contribution in [-0.4, -0.2) is 23.7 Å². The van der Waals surface area contributed by atoms with E-state index in [1.165, 1.54) is 64.2 Å². The van der Waals surface area contributed by atoms with Gasteiger partial charge in [-0.05, 0) is 106 Å². The summed E-state index contributed by atoms with van der Waals surface area (Å²) in [5, 5.41) is 11.7. The average Bonchev–Trinajstić information content (AvgIpc) is 4.24. The summed E-state index contributed by atoms with van der Waals surface area (Å²) in [7, 11) is 0. The molecule has 0 aliphatic carbocycles. The van der Waals surface area contributed by atoms with Crippen LogP contribution in [0.25, 0.3) is 147 Å². The minimum atomic E-state index is 0.635. The number of thiophene rings is 1.